The van der Waals surface area contributed by atoms with Crippen LogP contribution in [-0.2, 0) is 4.74 Å². The molecule has 0 atom stereocenters. The van der Waals surface area contributed by atoms with Gasteiger partial charge in [-0.2, -0.15) is 0 Å². The molecule has 0 spiro atoms. The van der Waals surface area contributed by atoms with E-state index in [2.05, 4.69) is 20.8 Å². The van der Waals surface area contributed by atoms with Gasteiger partial charge in [0.05, 0.1) is 37.6 Å². The monoisotopic (exact) mass is 555 g/mol. The van der Waals surface area contributed by atoms with Crippen LogP contribution >= 0.6 is 39.7 Å². The fourth-order valence-electron chi connectivity index (χ4n) is 3.69. The standard InChI is InChI=1S/C23H26BrN3O4S.ClH/c1-29-19-7-4-16(14-20(19)30-2)22(28)27(9-3-8-26-10-12-31-13-11-26)23-25-18-6-5-17(24)15-21(18)32-23;/h4-7,14-15H,3,8-13H2,1-2H3;1H. The van der Waals surface area contributed by atoms with Crippen LogP contribution in [0, 0.1) is 0 Å². The fraction of sp³-hybridized carbons (Fsp3) is 0.391. The molecule has 10 heteroatoms. The minimum Gasteiger partial charge on any atom is -0.493 e. The molecule has 0 saturated carbocycles. The normalized spacial score (nSPS) is 14.0. The Labute approximate surface area is 212 Å². The third-order valence-electron chi connectivity index (χ3n) is 5.41. The van der Waals surface area contributed by atoms with E-state index in [-0.39, 0.29) is 18.3 Å². The molecule has 0 aliphatic carbocycles. The number of anilines is 1. The van der Waals surface area contributed by atoms with Gasteiger partial charge in [0.15, 0.2) is 16.6 Å². The molecule has 2 aromatic carbocycles. The smallest absolute Gasteiger partial charge is 0.260 e. The zero-order valence-corrected chi connectivity index (χ0v) is 21.8. The molecule has 1 saturated heterocycles. The summed E-state index contributed by atoms with van der Waals surface area (Å²) >= 11 is 5.04. The number of hydrogen-bond acceptors (Lipinski definition) is 7. The van der Waals surface area contributed by atoms with Crippen molar-refractivity contribution in [1.29, 1.82) is 0 Å². The first-order chi connectivity index (χ1) is 15.6. The summed E-state index contributed by atoms with van der Waals surface area (Å²) in [6.45, 7) is 4.88. The highest BCUT2D eigenvalue weighted by atomic mass is 79.9. The Bertz CT molecular complexity index is 1090. The second-order valence-electron chi connectivity index (χ2n) is 7.44. The van der Waals surface area contributed by atoms with Gasteiger partial charge >= 0.3 is 0 Å². The molecule has 1 aromatic heterocycles. The van der Waals surface area contributed by atoms with Crippen LogP contribution < -0.4 is 14.4 Å². The van der Waals surface area contributed by atoms with Crippen molar-refractivity contribution in [3.05, 3.63) is 46.4 Å². The van der Waals surface area contributed by atoms with Gasteiger partial charge in [0.1, 0.15) is 0 Å². The molecule has 0 bridgehead atoms. The van der Waals surface area contributed by atoms with Crippen LogP contribution in [0.1, 0.15) is 16.8 Å². The van der Waals surface area contributed by atoms with E-state index >= 15 is 0 Å². The van der Waals surface area contributed by atoms with Crippen molar-refractivity contribution < 1.29 is 19.0 Å². The molecule has 1 fully saturated rings. The van der Waals surface area contributed by atoms with E-state index < -0.39 is 0 Å². The van der Waals surface area contributed by atoms with Gasteiger partial charge in [0, 0.05) is 36.2 Å². The van der Waals surface area contributed by atoms with Gasteiger partial charge < -0.3 is 14.2 Å². The molecule has 0 unspecified atom stereocenters. The van der Waals surface area contributed by atoms with Crippen molar-refractivity contribution in [3.8, 4) is 11.5 Å². The van der Waals surface area contributed by atoms with Crippen molar-refractivity contribution in [2.75, 3.05) is 58.5 Å². The molecule has 0 radical (unpaired) electrons. The predicted octanol–water partition coefficient (Wildman–Crippen LogP) is 4.87. The predicted molar refractivity (Wildman–Crippen MR) is 138 cm³/mol. The molecule has 0 N–H and O–H groups in total. The van der Waals surface area contributed by atoms with Gasteiger partial charge in [-0.25, -0.2) is 4.98 Å². The highest BCUT2D eigenvalue weighted by Crippen LogP contribution is 2.33. The van der Waals surface area contributed by atoms with Gasteiger partial charge in [-0.05, 0) is 42.8 Å². The summed E-state index contributed by atoms with van der Waals surface area (Å²) in [4.78, 5) is 22.5. The number of ether oxygens (including phenoxy) is 3. The second-order valence-corrected chi connectivity index (χ2v) is 9.37. The lowest BCUT2D eigenvalue weighted by Gasteiger charge is -2.27. The maximum absolute atomic E-state index is 13.6. The van der Waals surface area contributed by atoms with Crippen molar-refractivity contribution in [2.24, 2.45) is 0 Å². The van der Waals surface area contributed by atoms with E-state index in [1.807, 2.05) is 18.2 Å². The Morgan fingerprint density at radius 2 is 1.91 bits per heavy atom. The summed E-state index contributed by atoms with van der Waals surface area (Å²) in [6, 6.07) is 11.2. The van der Waals surface area contributed by atoms with E-state index in [4.69, 9.17) is 19.2 Å². The van der Waals surface area contributed by atoms with E-state index in [9.17, 15) is 4.79 Å². The van der Waals surface area contributed by atoms with Gasteiger partial charge in [0.2, 0.25) is 0 Å². The Kier molecular flexibility index (Phi) is 9.34. The number of aromatic nitrogens is 1. The zero-order chi connectivity index (χ0) is 22.5. The van der Waals surface area contributed by atoms with Crippen LogP contribution in [0.3, 0.4) is 0 Å². The number of thiazole rings is 1. The van der Waals surface area contributed by atoms with E-state index in [1.54, 1.807) is 37.3 Å². The van der Waals surface area contributed by atoms with Crippen LogP contribution in [0.2, 0.25) is 0 Å². The van der Waals surface area contributed by atoms with Crippen LogP contribution in [0.25, 0.3) is 10.2 Å². The van der Waals surface area contributed by atoms with E-state index in [1.165, 1.54) is 11.3 Å². The van der Waals surface area contributed by atoms with E-state index in [0.717, 1.165) is 54.0 Å². The van der Waals surface area contributed by atoms with E-state index in [0.29, 0.717) is 28.7 Å². The number of carbonyl (C=O) groups is 1. The summed E-state index contributed by atoms with van der Waals surface area (Å²) < 4.78 is 18.2. The number of rotatable bonds is 8. The molecule has 33 heavy (non-hydrogen) atoms. The molecule has 178 valence electrons. The summed E-state index contributed by atoms with van der Waals surface area (Å²) in [6.07, 6.45) is 0.846. The first-order valence-corrected chi connectivity index (χ1v) is 12.1. The topological polar surface area (TPSA) is 64.1 Å². The number of halogens is 2. The lowest BCUT2D eigenvalue weighted by atomic mass is 10.1. The fourth-order valence-corrected chi connectivity index (χ4v) is 5.23. The summed E-state index contributed by atoms with van der Waals surface area (Å²) in [5, 5.41) is 0.694. The maximum Gasteiger partial charge on any atom is 0.260 e. The van der Waals surface area contributed by atoms with Crippen LogP contribution in [-0.4, -0.2) is 69.4 Å². The summed E-state index contributed by atoms with van der Waals surface area (Å²) in [5.74, 6) is 1.01. The summed E-state index contributed by atoms with van der Waals surface area (Å²) in [5.41, 5.74) is 1.42. The zero-order valence-electron chi connectivity index (χ0n) is 18.6. The number of amides is 1. The highest BCUT2D eigenvalue weighted by molar-refractivity contribution is 9.10. The van der Waals surface area contributed by atoms with Gasteiger partial charge in [-0.15, -0.1) is 12.4 Å². The molecule has 2 heterocycles. The number of benzene rings is 2. The number of nitrogens with zero attached hydrogens (tertiary/aromatic N) is 3. The number of fused-ring (bicyclic) bond motifs is 1. The first-order valence-electron chi connectivity index (χ1n) is 10.5. The van der Waals surface area contributed by atoms with Gasteiger partial charge in [0.25, 0.3) is 5.91 Å². The Hall–Kier alpha value is -1.91. The third kappa shape index (κ3) is 6.16. The molecule has 4 rings (SSSR count). The van der Waals surface area contributed by atoms with Crippen LogP contribution in [0.4, 0.5) is 5.13 Å². The number of methoxy groups -OCH3 is 2. The lowest BCUT2D eigenvalue weighted by Crippen LogP contribution is -2.39. The second kappa shape index (κ2) is 12.0. The first kappa shape index (κ1) is 25.7. The SMILES string of the molecule is COc1ccc(C(=O)N(CCCN2CCOCC2)c2nc3ccc(Br)cc3s2)cc1OC.Cl. The van der Waals surface area contributed by atoms with Crippen LogP contribution in [0.5, 0.6) is 11.5 Å². The van der Waals surface area contributed by atoms with Crippen molar-refractivity contribution in [3.63, 3.8) is 0 Å². The molecule has 1 amide bonds. The minimum absolute atomic E-state index is 0. The molecule has 1 aliphatic rings. The average Bonchev–Trinajstić information content (AvgIpc) is 3.24. The molecular weight excluding hydrogens is 530 g/mol. The number of morpholine rings is 1. The average molecular weight is 557 g/mol. The highest BCUT2D eigenvalue weighted by Gasteiger charge is 2.23. The van der Waals surface area contributed by atoms with Crippen LogP contribution in [0.15, 0.2) is 40.9 Å². The Morgan fingerprint density at radius 1 is 1.15 bits per heavy atom. The molecule has 1 aliphatic heterocycles. The maximum atomic E-state index is 13.6. The summed E-state index contributed by atoms with van der Waals surface area (Å²) in [7, 11) is 3.15. The molecule has 3 aromatic rings. The van der Waals surface area contributed by atoms with Gasteiger partial charge in [-0.3, -0.25) is 14.6 Å². The Balaban J connectivity index is 0.00000306. The Morgan fingerprint density at radius 3 is 2.64 bits per heavy atom. The number of carbonyl (C=O) groups excluding carboxylic acids is 1. The third-order valence-corrected chi connectivity index (χ3v) is 6.94. The number of hydrogen-bond donors (Lipinski definition) is 0. The lowest BCUT2D eigenvalue weighted by molar-refractivity contribution is 0.0376. The van der Waals surface area contributed by atoms with Crippen molar-refractivity contribution in [2.45, 2.75) is 6.42 Å². The molecule has 7 nitrogen and oxygen atoms in total. The van der Waals surface area contributed by atoms with Crippen molar-refractivity contribution >= 4 is 60.9 Å². The largest absolute Gasteiger partial charge is 0.493 e. The quantitative estimate of drug-likeness (QED) is 0.395. The molecular formula is C23H27BrClN3O4S. The van der Waals surface area contributed by atoms with Gasteiger partial charge in [-0.1, -0.05) is 27.3 Å². The van der Waals surface area contributed by atoms with Crippen molar-refractivity contribution in [1.82, 2.24) is 9.88 Å². The minimum atomic E-state index is -0.106.